The summed E-state index contributed by atoms with van der Waals surface area (Å²) in [6.07, 6.45) is 4.31. The SMILES string of the molecule is CC.Cc1ccc(Nc2cncc3ccn(CC(=O)O)c(=O)c23)c(F)c1. The van der Waals surface area contributed by atoms with Crippen molar-refractivity contribution in [2.45, 2.75) is 27.3 Å². The Balaban J connectivity index is 0.00000117. The van der Waals surface area contributed by atoms with Crippen molar-refractivity contribution < 1.29 is 14.3 Å². The highest BCUT2D eigenvalue weighted by atomic mass is 19.1. The monoisotopic (exact) mass is 357 g/mol. The number of aliphatic carboxylic acids is 1. The van der Waals surface area contributed by atoms with Crippen LogP contribution in [0.3, 0.4) is 0 Å². The fraction of sp³-hybridized carbons (Fsp3) is 0.211. The number of carboxylic acid groups (broad SMARTS) is 1. The van der Waals surface area contributed by atoms with Gasteiger partial charge in [0.05, 0.1) is 23.0 Å². The van der Waals surface area contributed by atoms with Crippen LogP contribution in [-0.4, -0.2) is 20.6 Å². The molecule has 0 atom stereocenters. The molecule has 0 fully saturated rings. The van der Waals surface area contributed by atoms with Crippen LogP contribution >= 0.6 is 0 Å². The Kier molecular flexibility index (Phi) is 6.06. The number of nitrogens with one attached hydrogen (secondary N) is 1. The third-order valence-corrected chi connectivity index (χ3v) is 3.58. The first kappa shape index (κ1) is 19.1. The standard InChI is InChI=1S/C17H14FN3O3.C2H6/c1-10-2-3-13(12(18)6-10)20-14-8-19-7-11-4-5-21(9-15(22)23)17(24)16(11)14;1-2/h2-8,20H,9H2,1H3,(H,22,23);1-2H3. The second-order valence-corrected chi connectivity index (χ2v) is 5.40. The number of carboxylic acids is 1. The quantitative estimate of drug-likeness (QED) is 0.744. The average Bonchev–Trinajstić information content (AvgIpc) is 2.61. The van der Waals surface area contributed by atoms with Gasteiger partial charge >= 0.3 is 5.97 Å². The van der Waals surface area contributed by atoms with Gasteiger partial charge in [-0.05, 0) is 30.7 Å². The van der Waals surface area contributed by atoms with E-state index in [1.165, 1.54) is 24.7 Å². The van der Waals surface area contributed by atoms with E-state index < -0.39 is 23.9 Å². The number of nitrogens with zero attached hydrogens (tertiary/aromatic N) is 2. The summed E-state index contributed by atoms with van der Waals surface area (Å²) in [6, 6.07) is 6.29. The van der Waals surface area contributed by atoms with Crippen molar-refractivity contribution in [2.24, 2.45) is 0 Å². The van der Waals surface area contributed by atoms with Gasteiger partial charge < -0.3 is 15.0 Å². The van der Waals surface area contributed by atoms with Crippen LogP contribution in [-0.2, 0) is 11.3 Å². The molecule has 2 aromatic heterocycles. The smallest absolute Gasteiger partial charge is 0.323 e. The second-order valence-electron chi connectivity index (χ2n) is 5.40. The molecule has 0 radical (unpaired) electrons. The van der Waals surface area contributed by atoms with E-state index >= 15 is 0 Å². The summed E-state index contributed by atoms with van der Waals surface area (Å²) in [4.78, 5) is 27.5. The van der Waals surface area contributed by atoms with Gasteiger partial charge in [0.25, 0.3) is 5.56 Å². The fourth-order valence-electron chi connectivity index (χ4n) is 2.45. The molecule has 3 aromatic rings. The number of benzene rings is 1. The van der Waals surface area contributed by atoms with Crippen LogP contribution in [0, 0.1) is 12.7 Å². The molecular weight excluding hydrogens is 337 g/mol. The zero-order chi connectivity index (χ0) is 19.3. The number of halogens is 1. The van der Waals surface area contributed by atoms with Gasteiger partial charge in [-0.15, -0.1) is 0 Å². The van der Waals surface area contributed by atoms with Gasteiger partial charge in [0.15, 0.2) is 0 Å². The van der Waals surface area contributed by atoms with E-state index in [9.17, 15) is 14.0 Å². The third-order valence-electron chi connectivity index (χ3n) is 3.58. The Hall–Kier alpha value is -3.22. The number of hydrogen-bond donors (Lipinski definition) is 2. The predicted molar refractivity (Wildman–Crippen MR) is 99.4 cm³/mol. The van der Waals surface area contributed by atoms with Crippen LogP contribution in [0.1, 0.15) is 19.4 Å². The number of aryl methyl sites for hydroxylation is 1. The van der Waals surface area contributed by atoms with Gasteiger partial charge in [-0.3, -0.25) is 14.6 Å². The lowest BCUT2D eigenvalue weighted by atomic mass is 10.1. The molecule has 0 saturated heterocycles. The van der Waals surface area contributed by atoms with E-state index in [1.807, 2.05) is 13.8 Å². The zero-order valence-electron chi connectivity index (χ0n) is 14.8. The first-order valence-electron chi connectivity index (χ1n) is 8.18. The number of rotatable bonds is 4. The molecule has 0 aliphatic carbocycles. The lowest BCUT2D eigenvalue weighted by Gasteiger charge is -2.11. The van der Waals surface area contributed by atoms with E-state index in [0.29, 0.717) is 11.1 Å². The number of carbonyl (C=O) groups is 1. The molecule has 0 bridgehead atoms. The Bertz CT molecular complexity index is 999. The van der Waals surface area contributed by atoms with Gasteiger partial charge in [-0.1, -0.05) is 19.9 Å². The predicted octanol–water partition coefficient (Wildman–Crippen LogP) is 3.70. The van der Waals surface area contributed by atoms with Crippen molar-refractivity contribution in [3.63, 3.8) is 0 Å². The second kappa shape index (κ2) is 8.24. The summed E-state index contributed by atoms with van der Waals surface area (Å²) in [6.45, 7) is 5.33. The summed E-state index contributed by atoms with van der Waals surface area (Å²) in [5.74, 6) is -1.57. The van der Waals surface area contributed by atoms with E-state index in [0.717, 1.165) is 10.1 Å². The van der Waals surface area contributed by atoms with Crippen molar-refractivity contribution >= 4 is 28.1 Å². The first-order valence-corrected chi connectivity index (χ1v) is 8.18. The van der Waals surface area contributed by atoms with E-state index in [2.05, 4.69) is 10.3 Å². The normalized spacial score (nSPS) is 10.2. The first-order chi connectivity index (χ1) is 12.5. The van der Waals surface area contributed by atoms with Gasteiger partial charge in [0.1, 0.15) is 12.4 Å². The molecule has 0 aliphatic rings. The minimum Gasteiger partial charge on any atom is -0.480 e. The van der Waals surface area contributed by atoms with Crippen LogP contribution in [0.2, 0.25) is 0 Å². The van der Waals surface area contributed by atoms with Crippen molar-refractivity contribution in [3.8, 4) is 0 Å². The minimum absolute atomic E-state index is 0.211. The topological polar surface area (TPSA) is 84.2 Å². The Morgan fingerprint density at radius 2 is 1.96 bits per heavy atom. The fourth-order valence-corrected chi connectivity index (χ4v) is 2.45. The lowest BCUT2D eigenvalue weighted by Crippen LogP contribution is -2.24. The van der Waals surface area contributed by atoms with Crippen molar-refractivity contribution in [3.05, 3.63) is 64.6 Å². The maximum atomic E-state index is 14.0. The van der Waals surface area contributed by atoms with Gasteiger partial charge in [0.2, 0.25) is 0 Å². The molecule has 0 aliphatic heterocycles. The van der Waals surface area contributed by atoms with Crippen molar-refractivity contribution in [2.75, 3.05) is 5.32 Å². The summed E-state index contributed by atoms with van der Waals surface area (Å²) in [5.41, 5.74) is 0.827. The molecule has 2 N–H and O–H groups in total. The number of anilines is 2. The summed E-state index contributed by atoms with van der Waals surface area (Å²) < 4.78 is 15.1. The maximum Gasteiger partial charge on any atom is 0.323 e. The molecule has 2 heterocycles. The molecule has 0 saturated carbocycles. The Labute approximate surface area is 149 Å². The van der Waals surface area contributed by atoms with E-state index in [4.69, 9.17) is 5.11 Å². The van der Waals surface area contributed by atoms with Gasteiger partial charge in [0, 0.05) is 17.8 Å². The third kappa shape index (κ3) is 4.05. The summed E-state index contributed by atoms with van der Waals surface area (Å²) >= 11 is 0. The molecule has 0 amide bonds. The number of hydrogen-bond acceptors (Lipinski definition) is 4. The molecule has 3 rings (SSSR count). The zero-order valence-corrected chi connectivity index (χ0v) is 14.8. The van der Waals surface area contributed by atoms with Crippen LogP contribution < -0.4 is 10.9 Å². The van der Waals surface area contributed by atoms with Crippen LogP contribution in [0.5, 0.6) is 0 Å². The lowest BCUT2D eigenvalue weighted by molar-refractivity contribution is -0.137. The Morgan fingerprint density at radius 1 is 1.23 bits per heavy atom. The molecular formula is C19H20FN3O3. The van der Waals surface area contributed by atoms with Gasteiger partial charge in [-0.25, -0.2) is 4.39 Å². The molecule has 6 nitrogen and oxygen atoms in total. The summed E-state index contributed by atoms with van der Waals surface area (Å²) in [5, 5.41) is 12.6. The highest BCUT2D eigenvalue weighted by Crippen LogP contribution is 2.25. The van der Waals surface area contributed by atoms with Crippen LogP contribution in [0.25, 0.3) is 10.8 Å². The molecule has 0 spiro atoms. The largest absolute Gasteiger partial charge is 0.480 e. The summed E-state index contributed by atoms with van der Waals surface area (Å²) in [7, 11) is 0. The van der Waals surface area contributed by atoms with Crippen LogP contribution in [0.15, 0.2) is 47.7 Å². The molecule has 7 heteroatoms. The molecule has 26 heavy (non-hydrogen) atoms. The molecule has 0 unspecified atom stereocenters. The average molecular weight is 357 g/mol. The highest BCUT2D eigenvalue weighted by Gasteiger charge is 2.12. The van der Waals surface area contributed by atoms with E-state index in [-0.39, 0.29) is 11.1 Å². The molecule has 1 aromatic carbocycles. The van der Waals surface area contributed by atoms with Crippen molar-refractivity contribution in [1.29, 1.82) is 0 Å². The molecule has 136 valence electrons. The van der Waals surface area contributed by atoms with E-state index in [1.54, 1.807) is 25.1 Å². The Morgan fingerprint density at radius 3 is 2.62 bits per heavy atom. The highest BCUT2D eigenvalue weighted by molar-refractivity contribution is 5.93. The van der Waals surface area contributed by atoms with Crippen LogP contribution in [0.4, 0.5) is 15.8 Å². The maximum absolute atomic E-state index is 14.0. The minimum atomic E-state index is -1.12. The van der Waals surface area contributed by atoms with Gasteiger partial charge in [-0.2, -0.15) is 0 Å². The number of pyridine rings is 2. The van der Waals surface area contributed by atoms with Crippen molar-refractivity contribution in [1.82, 2.24) is 9.55 Å². The number of fused-ring (bicyclic) bond motifs is 1. The number of aromatic nitrogens is 2.